The van der Waals surface area contributed by atoms with Crippen molar-refractivity contribution in [3.05, 3.63) is 64.6 Å². The lowest BCUT2D eigenvalue weighted by Crippen LogP contribution is -2.23. The van der Waals surface area contributed by atoms with Gasteiger partial charge in [-0.2, -0.15) is 0 Å². The maximum Gasteiger partial charge on any atom is 0.266 e. The fourth-order valence-corrected chi connectivity index (χ4v) is 3.56. The van der Waals surface area contributed by atoms with Crippen LogP contribution in [0.25, 0.3) is 6.08 Å². The van der Waals surface area contributed by atoms with Crippen LogP contribution in [-0.4, -0.2) is 29.6 Å². The van der Waals surface area contributed by atoms with Gasteiger partial charge in [0.05, 0.1) is 17.2 Å². The van der Waals surface area contributed by atoms with Gasteiger partial charge in [0, 0.05) is 12.6 Å². The molecule has 140 valence electrons. The van der Waals surface area contributed by atoms with Gasteiger partial charge in [-0.15, -0.1) is 0 Å². The average molecular weight is 381 g/mol. The summed E-state index contributed by atoms with van der Waals surface area (Å²) >= 11 is 1.39. The quantitative estimate of drug-likeness (QED) is 0.497. The van der Waals surface area contributed by atoms with Crippen LogP contribution in [0.5, 0.6) is 5.75 Å². The zero-order valence-electron chi connectivity index (χ0n) is 15.9. The standard InChI is InChI=1S/C22H24N2O2S/c1-4-5-14-26-19-9-7-6-8-17(19)15-20-21(25)24(3)22(27-20)23-18-12-10-16(2)11-13-18/h6-13,15H,4-5,14H2,1-3H3/b20-15+,23-22?. The molecule has 1 aliphatic rings. The Morgan fingerprint density at radius 2 is 1.89 bits per heavy atom. The Morgan fingerprint density at radius 3 is 2.63 bits per heavy atom. The van der Waals surface area contributed by atoms with Crippen molar-refractivity contribution >= 4 is 34.6 Å². The molecule has 0 atom stereocenters. The zero-order valence-corrected chi connectivity index (χ0v) is 16.8. The lowest BCUT2D eigenvalue weighted by molar-refractivity contribution is -0.121. The first-order chi connectivity index (χ1) is 13.1. The van der Waals surface area contributed by atoms with Crippen LogP contribution in [0.1, 0.15) is 30.9 Å². The van der Waals surface area contributed by atoms with Gasteiger partial charge in [0.15, 0.2) is 5.17 Å². The Morgan fingerprint density at radius 1 is 1.15 bits per heavy atom. The van der Waals surface area contributed by atoms with Crippen LogP contribution in [-0.2, 0) is 4.79 Å². The van der Waals surface area contributed by atoms with Gasteiger partial charge in [-0.3, -0.25) is 9.69 Å². The van der Waals surface area contributed by atoms with Gasteiger partial charge in [0.25, 0.3) is 5.91 Å². The number of ether oxygens (including phenoxy) is 1. The highest BCUT2D eigenvalue weighted by molar-refractivity contribution is 8.18. The van der Waals surface area contributed by atoms with Crippen molar-refractivity contribution < 1.29 is 9.53 Å². The van der Waals surface area contributed by atoms with Crippen molar-refractivity contribution in [2.45, 2.75) is 26.7 Å². The number of amidine groups is 1. The molecule has 4 nitrogen and oxygen atoms in total. The summed E-state index contributed by atoms with van der Waals surface area (Å²) < 4.78 is 5.87. The minimum Gasteiger partial charge on any atom is -0.493 e. The number of likely N-dealkylation sites (N-methyl/N-ethyl adjacent to an activating group) is 1. The van der Waals surface area contributed by atoms with Crippen LogP contribution >= 0.6 is 11.8 Å². The molecule has 1 saturated heterocycles. The monoisotopic (exact) mass is 380 g/mol. The van der Waals surface area contributed by atoms with Gasteiger partial charge in [0.1, 0.15) is 5.75 Å². The molecule has 1 fully saturated rings. The van der Waals surface area contributed by atoms with E-state index in [2.05, 4.69) is 11.9 Å². The van der Waals surface area contributed by atoms with E-state index < -0.39 is 0 Å². The number of carbonyl (C=O) groups is 1. The first kappa shape index (κ1) is 19.2. The van der Waals surface area contributed by atoms with Gasteiger partial charge in [-0.1, -0.05) is 49.2 Å². The second kappa shape index (κ2) is 8.91. The summed E-state index contributed by atoms with van der Waals surface area (Å²) in [7, 11) is 1.76. The van der Waals surface area contributed by atoms with Gasteiger partial charge in [-0.05, 0) is 49.4 Å². The number of nitrogens with zero attached hydrogens (tertiary/aromatic N) is 2. The molecule has 1 amide bonds. The molecule has 2 aromatic carbocycles. The molecule has 0 aliphatic carbocycles. The molecule has 0 aromatic heterocycles. The van der Waals surface area contributed by atoms with Crippen LogP contribution in [0.4, 0.5) is 5.69 Å². The van der Waals surface area contributed by atoms with E-state index in [4.69, 9.17) is 4.74 Å². The summed E-state index contributed by atoms with van der Waals surface area (Å²) in [5.41, 5.74) is 2.93. The van der Waals surface area contributed by atoms with Crippen molar-refractivity contribution in [1.82, 2.24) is 4.90 Å². The number of aryl methyl sites for hydroxylation is 1. The SMILES string of the molecule is CCCCOc1ccccc1/C=C1/SC(=Nc2ccc(C)cc2)N(C)C1=O. The highest BCUT2D eigenvalue weighted by atomic mass is 32.2. The molecule has 0 spiro atoms. The summed E-state index contributed by atoms with van der Waals surface area (Å²) in [6, 6.07) is 15.8. The molecule has 0 radical (unpaired) electrons. The molecule has 3 rings (SSSR count). The third kappa shape index (κ3) is 4.80. The number of hydrogen-bond acceptors (Lipinski definition) is 4. The van der Waals surface area contributed by atoms with Crippen molar-refractivity contribution in [2.24, 2.45) is 4.99 Å². The van der Waals surface area contributed by atoms with E-state index in [1.54, 1.807) is 11.9 Å². The Hall–Kier alpha value is -2.53. The van der Waals surface area contributed by atoms with E-state index in [9.17, 15) is 4.79 Å². The number of amides is 1. The fraction of sp³-hybridized carbons (Fsp3) is 0.273. The number of unbranched alkanes of at least 4 members (excludes halogenated alkanes) is 1. The maximum absolute atomic E-state index is 12.7. The highest BCUT2D eigenvalue weighted by Crippen LogP contribution is 2.34. The van der Waals surface area contributed by atoms with E-state index in [0.29, 0.717) is 16.7 Å². The Bertz CT molecular complexity index is 872. The molecule has 5 heteroatoms. The molecule has 1 aliphatic heterocycles. The molecule has 2 aromatic rings. The zero-order chi connectivity index (χ0) is 19.2. The maximum atomic E-state index is 12.7. The van der Waals surface area contributed by atoms with Crippen LogP contribution < -0.4 is 4.74 Å². The number of rotatable bonds is 6. The fourth-order valence-electron chi connectivity index (χ4n) is 2.58. The van der Waals surface area contributed by atoms with Crippen LogP contribution in [0.2, 0.25) is 0 Å². The molecular weight excluding hydrogens is 356 g/mol. The van der Waals surface area contributed by atoms with Crippen molar-refractivity contribution in [3.63, 3.8) is 0 Å². The summed E-state index contributed by atoms with van der Waals surface area (Å²) in [4.78, 5) is 19.5. The normalized spacial score (nSPS) is 17.1. The lowest BCUT2D eigenvalue weighted by atomic mass is 10.2. The summed E-state index contributed by atoms with van der Waals surface area (Å²) in [6.45, 7) is 4.85. The Balaban J connectivity index is 1.83. The van der Waals surface area contributed by atoms with E-state index in [1.165, 1.54) is 17.3 Å². The van der Waals surface area contributed by atoms with Crippen LogP contribution in [0.15, 0.2) is 58.4 Å². The molecule has 1 heterocycles. The topological polar surface area (TPSA) is 41.9 Å². The molecular formula is C22H24N2O2S. The summed E-state index contributed by atoms with van der Waals surface area (Å²) in [5, 5.41) is 0.680. The first-order valence-corrected chi connectivity index (χ1v) is 9.95. The van der Waals surface area contributed by atoms with Crippen molar-refractivity contribution in [1.29, 1.82) is 0 Å². The first-order valence-electron chi connectivity index (χ1n) is 9.13. The summed E-state index contributed by atoms with van der Waals surface area (Å²) in [6.07, 6.45) is 3.98. The number of para-hydroxylation sites is 1. The van der Waals surface area contributed by atoms with Gasteiger partial charge in [0.2, 0.25) is 0 Å². The predicted molar refractivity (Wildman–Crippen MR) is 113 cm³/mol. The van der Waals surface area contributed by atoms with Gasteiger partial charge < -0.3 is 4.74 Å². The number of hydrogen-bond donors (Lipinski definition) is 0. The average Bonchev–Trinajstić information content (AvgIpc) is 2.93. The summed E-state index contributed by atoms with van der Waals surface area (Å²) in [5.74, 6) is 0.757. The smallest absolute Gasteiger partial charge is 0.266 e. The Labute approximate surface area is 164 Å². The van der Waals surface area contributed by atoms with E-state index >= 15 is 0 Å². The second-order valence-electron chi connectivity index (χ2n) is 6.44. The second-order valence-corrected chi connectivity index (χ2v) is 7.45. The molecule has 27 heavy (non-hydrogen) atoms. The van der Waals surface area contributed by atoms with Gasteiger partial charge in [-0.25, -0.2) is 4.99 Å². The lowest BCUT2D eigenvalue weighted by Gasteiger charge is -2.09. The largest absolute Gasteiger partial charge is 0.493 e. The number of thioether (sulfide) groups is 1. The van der Waals surface area contributed by atoms with E-state index in [1.807, 2.05) is 61.5 Å². The predicted octanol–water partition coefficient (Wildman–Crippen LogP) is 5.41. The minimum atomic E-state index is -0.0470. The number of benzene rings is 2. The molecule has 0 bridgehead atoms. The van der Waals surface area contributed by atoms with Gasteiger partial charge >= 0.3 is 0 Å². The number of aliphatic imine (C=N–C) groups is 1. The third-order valence-corrected chi connectivity index (χ3v) is 5.28. The molecule has 0 saturated carbocycles. The van der Waals surface area contributed by atoms with E-state index in [0.717, 1.165) is 29.8 Å². The van der Waals surface area contributed by atoms with Crippen LogP contribution in [0.3, 0.4) is 0 Å². The third-order valence-electron chi connectivity index (χ3n) is 4.22. The van der Waals surface area contributed by atoms with E-state index in [-0.39, 0.29) is 5.91 Å². The van der Waals surface area contributed by atoms with Crippen LogP contribution in [0, 0.1) is 6.92 Å². The van der Waals surface area contributed by atoms with Crippen molar-refractivity contribution in [3.8, 4) is 5.75 Å². The minimum absolute atomic E-state index is 0.0470. The Kier molecular flexibility index (Phi) is 6.35. The van der Waals surface area contributed by atoms with Crippen molar-refractivity contribution in [2.75, 3.05) is 13.7 Å². The molecule has 0 unspecified atom stereocenters. The number of carbonyl (C=O) groups excluding carboxylic acids is 1. The molecule has 0 N–H and O–H groups in total. The highest BCUT2D eigenvalue weighted by Gasteiger charge is 2.30.